The van der Waals surface area contributed by atoms with Gasteiger partial charge >= 0.3 is 0 Å². The van der Waals surface area contributed by atoms with E-state index in [9.17, 15) is 0 Å². The molecule has 4 aromatic rings. The number of nitrogens with zero attached hydrogens (tertiary/aromatic N) is 2. The quantitative estimate of drug-likeness (QED) is 0.242. The average Bonchev–Trinajstić information content (AvgIpc) is 2.78. The first-order valence-corrected chi connectivity index (χ1v) is 7.78. The predicted molar refractivity (Wildman–Crippen MR) is 87.8 cm³/mol. The van der Waals surface area contributed by atoms with Gasteiger partial charge in [-0.15, -0.1) is 11.3 Å². The van der Waals surface area contributed by atoms with Crippen LogP contribution in [0.5, 0.6) is 0 Å². The zero-order valence-electron chi connectivity index (χ0n) is 9.37. The summed E-state index contributed by atoms with van der Waals surface area (Å²) in [6, 6.07) is 14.6. The van der Waals surface area contributed by atoms with Gasteiger partial charge in [-0.2, -0.15) is 0 Å². The minimum Gasteiger partial charge on any atom is -0.216 e. The molecule has 0 atom stereocenters. The van der Waals surface area contributed by atoms with Crippen LogP contribution in [-0.4, -0.2) is 9.97 Å². The lowest BCUT2D eigenvalue weighted by Gasteiger charge is -1.94. The fraction of sp³-hybridized carbons (Fsp3) is 0. The molecular formula is C14H4ClIN2S. The summed E-state index contributed by atoms with van der Waals surface area (Å²) in [5.74, 6) is 0. The maximum Gasteiger partial charge on any atom is 0.224 e. The molecule has 2 nitrogen and oxygen atoms in total. The zero-order valence-corrected chi connectivity index (χ0v) is 13.1. The molecule has 19 heavy (non-hydrogen) atoms. The van der Waals surface area contributed by atoms with Crippen LogP contribution < -0.4 is 0 Å². The predicted octanol–water partition coefficient (Wildman–Crippen LogP) is 4.86. The number of rotatable bonds is 0. The van der Waals surface area contributed by atoms with E-state index in [2.05, 4.69) is 50.8 Å². The lowest BCUT2D eigenvalue weighted by atomic mass is 10.1. The van der Waals surface area contributed by atoms with Crippen LogP contribution in [0.25, 0.3) is 31.1 Å². The third-order valence-electron chi connectivity index (χ3n) is 2.96. The van der Waals surface area contributed by atoms with Crippen molar-refractivity contribution < 1.29 is 0 Å². The minimum absolute atomic E-state index is 0.276. The van der Waals surface area contributed by atoms with Gasteiger partial charge in [0.1, 0.15) is 9.22 Å². The highest BCUT2D eigenvalue weighted by molar-refractivity contribution is 14.1. The molecule has 2 aromatic carbocycles. The van der Waals surface area contributed by atoms with Crippen molar-refractivity contribution in [3.63, 3.8) is 0 Å². The van der Waals surface area contributed by atoms with E-state index in [0.29, 0.717) is 0 Å². The summed E-state index contributed by atoms with van der Waals surface area (Å²) in [7, 11) is 0. The maximum atomic E-state index is 5.95. The molecule has 0 aliphatic rings. The summed E-state index contributed by atoms with van der Waals surface area (Å²) in [4.78, 5) is 8.54. The summed E-state index contributed by atoms with van der Waals surface area (Å²) in [5, 5.41) is 3.49. The summed E-state index contributed by atoms with van der Waals surface area (Å²) >= 11 is 9.83. The van der Waals surface area contributed by atoms with Crippen LogP contribution in [0.3, 0.4) is 0 Å². The second-order valence-electron chi connectivity index (χ2n) is 4.06. The van der Waals surface area contributed by atoms with E-state index in [4.69, 9.17) is 11.6 Å². The Morgan fingerprint density at radius 1 is 1.11 bits per heavy atom. The highest BCUT2D eigenvalue weighted by Crippen LogP contribution is 2.37. The van der Waals surface area contributed by atoms with Crippen LogP contribution >= 0.6 is 45.5 Å². The number of thiophene rings is 1. The summed E-state index contributed by atoms with van der Waals surface area (Å²) in [6.07, 6.45) is 0. The van der Waals surface area contributed by atoms with Crippen molar-refractivity contribution in [1.82, 2.24) is 9.97 Å². The van der Waals surface area contributed by atoms with E-state index in [-0.39, 0.29) is 5.28 Å². The Kier molecular flexibility index (Phi) is 2.56. The molecule has 0 aliphatic carbocycles. The second kappa shape index (κ2) is 4.17. The van der Waals surface area contributed by atoms with Crippen molar-refractivity contribution >= 4 is 76.6 Å². The van der Waals surface area contributed by atoms with Crippen LogP contribution in [-0.2, 0) is 0 Å². The van der Waals surface area contributed by atoms with Gasteiger partial charge in [0, 0.05) is 10.8 Å². The number of hydrogen-bond donors (Lipinski definition) is 0. The highest BCUT2D eigenvalue weighted by atomic mass is 127. The van der Waals surface area contributed by atoms with Gasteiger partial charge in [0.25, 0.3) is 0 Å². The van der Waals surface area contributed by atoms with Gasteiger partial charge in [-0.3, -0.25) is 0 Å². The molecule has 0 saturated carbocycles. The van der Waals surface area contributed by atoms with Crippen molar-refractivity contribution in [2.45, 2.75) is 0 Å². The molecule has 4 rings (SSSR count). The first kappa shape index (κ1) is 11.6. The van der Waals surface area contributed by atoms with Gasteiger partial charge in [0.05, 0.1) is 14.8 Å². The van der Waals surface area contributed by atoms with Crippen LogP contribution in [0.1, 0.15) is 0 Å². The molecule has 0 bridgehead atoms. The monoisotopic (exact) mass is 394 g/mol. The molecule has 2 heterocycles. The van der Waals surface area contributed by atoms with Gasteiger partial charge in [0.15, 0.2) is 0 Å². The van der Waals surface area contributed by atoms with Crippen molar-refractivity contribution in [2.24, 2.45) is 0 Å². The lowest BCUT2D eigenvalue weighted by molar-refractivity contribution is 1.20. The topological polar surface area (TPSA) is 25.8 Å². The van der Waals surface area contributed by atoms with E-state index >= 15 is 0 Å². The normalized spacial score (nSPS) is 11.3. The number of fused-ring (bicyclic) bond motifs is 5. The minimum atomic E-state index is 0.276. The molecule has 0 N–H and O–H groups in total. The van der Waals surface area contributed by atoms with E-state index in [1.165, 1.54) is 10.1 Å². The Hall–Kier alpha value is -1.16. The first-order chi connectivity index (χ1) is 9.24. The van der Waals surface area contributed by atoms with E-state index in [0.717, 1.165) is 24.7 Å². The molecule has 0 spiro atoms. The molecule has 0 fully saturated rings. The Bertz CT molecular complexity index is 948. The summed E-state index contributed by atoms with van der Waals surface area (Å²) < 4.78 is 3.10. The number of aromatic nitrogens is 2. The van der Waals surface area contributed by atoms with Crippen LogP contribution in [0, 0.1) is 15.8 Å². The Morgan fingerprint density at radius 2 is 1.95 bits per heavy atom. The second-order valence-corrected chi connectivity index (χ2v) is 6.44. The molecular weight excluding hydrogens is 391 g/mol. The van der Waals surface area contributed by atoms with E-state index in [1.54, 1.807) is 11.3 Å². The SMILES string of the molecule is Clc1nc(I)c2sc3c(c#cc4ccccc43)c2n1. The molecule has 5 heteroatoms. The molecule has 2 aromatic heterocycles. The number of halogens is 2. The van der Waals surface area contributed by atoms with Gasteiger partial charge in [-0.1, -0.05) is 30.3 Å². The number of benzene rings is 1. The lowest BCUT2D eigenvalue weighted by Crippen LogP contribution is -1.85. The van der Waals surface area contributed by atoms with Crippen LogP contribution in [0.4, 0.5) is 0 Å². The summed E-state index contributed by atoms with van der Waals surface area (Å²) in [5.41, 5.74) is 0.867. The number of hydrogen-bond acceptors (Lipinski definition) is 3. The van der Waals surface area contributed by atoms with Gasteiger partial charge in [0.2, 0.25) is 5.28 Å². The van der Waals surface area contributed by atoms with Crippen molar-refractivity contribution in [2.75, 3.05) is 0 Å². The third-order valence-corrected chi connectivity index (χ3v) is 5.49. The van der Waals surface area contributed by atoms with Gasteiger partial charge in [-0.25, -0.2) is 9.97 Å². The molecule has 0 amide bonds. The fourth-order valence-electron chi connectivity index (χ4n) is 2.14. The van der Waals surface area contributed by atoms with E-state index in [1.807, 2.05) is 18.2 Å². The smallest absolute Gasteiger partial charge is 0.216 e. The Balaban J connectivity index is 2.31. The first-order valence-electron chi connectivity index (χ1n) is 5.51. The molecule has 0 aliphatic heterocycles. The van der Waals surface area contributed by atoms with Gasteiger partial charge < -0.3 is 0 Å². The van der Waals surface area contributed by atoms with Gasteiger partial charge in [-0.05, 0) is 40.3 Å². The fourth-order valence-corrected chi connectivity index (χ4v) is 4.39. The Labute approximate surface area is 131 Å². The van der Waals surface area contributed by atoms with Crippen molar-refractivity contribution in [1.29, 1.82) is 0 Å². The standard InChI is InChI=1S/C14H4ClIN2S/c15-14-17-10-9-6-5-7-3-1-2-4-8(7)11(9)19-12(10)13(16)18-14/h1-4H. The zero-order chi connectivity index (χ0) is 13.0. The molecule has 90 valence electrons. The maximum absolute atomic E-state index is 5.95. The molecule has 0 unspecified atom stereocenters. The van der Waals surface area contributed by atoms with Crippen LogP contribution in [0.2, 0.25) is 5.28 Å². The highest BCUT2D eigenvalue weighted by Gasteiger charge is 2.13. The molecule has 0 saturated heterocycles. The van der Waals surface area contributed by atoms with Crippen molar-refractivity contribution in [3.05, 3.63) is 45.4 Å². The van der Waals surface area contributed by atoms with Crippen LogP contribution in [0.15, 0.2) is 24.3 Å². The largest absolute Gasteiger partial charge is 0.224 e. The van der Waals surface area contributed by atoms with Crippen molar-refractivity contribution in [3.8, 4) is 0 Å². The third kappa shape index (κ3) is 1.69. The Morgan fingerprint density at radius 3 is 2.84 bits per heavy atom. The average molecular weight is 395 g/mol. The molecule has 0 radical (unpaired) electrons. The van der Waals surface area contributed by atoms with E-state index < -0.39 is 0 Å². The summed E-state index contributed by atoms with van der Waals surface area (Å²) in [6.45, 7) is 0.